The maximum Gasteiger partial charge on any atom is 0.274 e. The maximum absolute atomic E-state index is 14.6. The van der Waals surface area contributed by atoms with Crippen molar-refractivity contribution in [2.75, 3.05) is 0 Å². The molecule has 0 aromatic heterocycles. The molecule has 25 heavy (non-hydrogen) atoms. The molecule has 1 aromatic carbocycles. The van der Waals surface area contributed by atoms with E-state index in [1.165, 1.54) is 51.0 Å². The molecule has 0 radical (unpaired) electrons. The van der Waals surface area contributed by atoms with E-state index in [4.69, 9.17) is 5.21 Å². The number of nitrogens with zero attached hydrogens (tertiary/aromatic N) is 1. The van der Waals surface area contributed by atoms with Crippen molar-refractivity contribution >= 4 is 5.91 Å². The Morgan fingerprint density at radius 1 is 1.28 bits per heavy atom. The van der Waals surface area contributed by atoms with E-state index in [0.29, 0.717) is 24.0 Å². The van der Waals surface area contributed by atoms with Gasteiger partial charge < -0.3 is 0 Å². The van der Waals surface area contributed by atoms with Crippen LogP contribution in [0.5, 0.6) is 0 Å². The van der Waals surface area contributed by atoms with Gasteiger partial charge in [0.2, 0.25) is 0 Å². The summed E-state index contributed by atoms with van der Waals surface area (Å²) < 4.78 is 14.6. The Morgan fingerprint density at radius 3 is 2.68 bits per heavy atom. The highest BCUT2D eigenvalue weighted by Gasteiger charge is 2.48. The van der Waals surface area contributed by atoms with Gasteiger partial charge >= 0.3 is 0 Å². The van der Waals surface area contributed by atoms with E-state index < -0.39 is 5.91 Å². The second-order valence-electron chi connectivity index (χ2n) is 8.38. The highest BCUT2D eigenvalue weighted by Crippen LogP contribution is 2.54. The summed E-state index contributed by atoms with van der Waals surface area (Å²) in [4.78, 5) is 14.1. The number of hydrogen-bond donors (Lipinski definition) is 2. The first-order valence-corrected chi connectivity index (χ1v) is 9.53. The van der Waals surface area contributed by atoms with Crippen LogP contribution in [-0.4, -0.2) is 28.1 Å². The predicted molar refractivity (Wildman–Crippen MR) is 92.9 cm³/mol. The van der Waals surface area contributed by atoms with Gasteiger partial charge in [0.15, 0.2) is 0 Å². The quantitative estimate of drug-likeness (QED) is 0.632. The summed E-state index contributed by atoms with van der Waals surface area (Å²) in [6, 6.07) is 3.88. The summed E-state index contributed by atoms with van der Waals surface area (Å²) in [5.41, 5.74) is 3.96. The number of carbonyl (C=O) groups excluding carboxylic acids is 1. The fourth-order valence-electron chi connectivity index (χ4n) is 5.40. The van der Waals surface area contributed by atoms with Gasteiger partial charge in [-0.25, -0.2) is 9.87 Å². The number of halogens is 1. The molecule has 2 saturated carbocycles. The van der Waals surface area contributed by atoms with Crippen LogP contribution < -0.4 is 5.48 Å². The standard InChI is InChI=1S/C20H27FN2O2/c1-13-7-14-8-15(19(24)22-25)9-18(21)17(14)12-23(13)16-10-20(11-16)5-3-2-4-6-20/h8-9,13,16,25H,2-7,10-12H2,1H3,(H,22,24)/t13-/m1/s1. The summed E-state index contributed by atoms with van der Waals surface area (Å²) in [5.74, 6) is -0.991. The first-order valence-electron chi connectivity index (χ1n) is 9.53. The minimum Gasteiger partial charge on any atom is -0.293 e. The summed E-state index contributed by atoms with van der Waals surface area (Å²) in [6.45, 7) is 2.83. The van der Waals surface area contributed by atoms with Gasteiger partial charge in [0.25, 0.3) is 5.91 Å². The minimum atomic E-state index is -0.657. The summed E-state index contributed by atoms with van der Waals surface area (Å²) in [7, 11) is 0. The average Bonchev–Trinajstić information content (AvgIpc) is 2.59. The molecule has 3 aliphatic rings. The van der Waals surface area contributed by atoms with E-state index >= 15 is 0 Å². The Balaban J connectivity index is 1.51. The predicted octanol–water partition coefficient (Wildman–Crippen LogP) is 3.80. The van der Waals surface area contributed by atoms with Crippen molar-refractivity contribution in [3.8, 4) is 0 Å². The van der Waals surface area contributed by atoms with E-state index in [1.54, 1.807) is 11.5 Å². The van der Waals surface area contributed by atoms with Crippen LogP contribution in [0.1, 0.15) is 73.4 Å². The molecule has 5 heteroatoms. The second kappa shape index (κ2) is 6.36. The van der Waals surface area contributed by atoms with Crippen LogP contribution in [0.3, 0.4) is 0 Å². The lowest BCUT2D eigenvalue weighted by Crippen LogP contribution is -2.55. The maximum atomic E-state index is 14.6. The monoisotopic (exact) mass is 346 g/mol. The van der Waals surface area contributed by atoms with Gasteiger partial charge in [-0.15, -0.1) is 0 Å². The number of nitrogens with one attached hydrogen (secondary N) is 1. The van der Waals surface area contributed by atoms with Crippen molar-refractivity contribution in [2.45, 2.75) is 76.9 Å². The average molecular weight is 346 g/mol. The Morgan fingerprint density at radius 2 is 2.00 bits per heavy atom. The van der Waals surface area contributed by atoms with Gasteiger partial charge in [0, 0.05) is 29.8 Å². The lowest BCUT2D eigenvalue weighted by atomic mass is 9.57. The van der Waals surface area contributed by atoms with Crippen LogP contribution in [0.4, 0.5) is 4.39 Å². The molecule has 2 aliphatic carbocycles. The van der Waals surface area contributed by atoms with E-state index in [9.17, 15) is 9.18 Å². The zero-order valence-corrected chi connectivity index (χ0v) is 14.9. The summed E-state index contributed by atoms with van der Waals surface area (Å²) in [5, 5.41) is 8.78. The Labute approximate surface area is 148 Å². The third kappa shape index (κ3) is 2.97. The first-order chi connectivity index (χ1) is 12.0. The number of fused-ring (bicyclic) bond motifs is 1. The Bertz CT molecular complexity index is 677. The molecule has 4 rings (SSSR count). The van der Waals surface area contributed by atoms with E-state index in [2.05, 4.69) is 11.8 Å². The van der Waals surface area contributed by atoms with E-state index in [-0.39, 0.29) is 11.4 Å². The Kier molecular flexibility index (Phi) is 4.32. The lowest BCUT2D eigenvalue weighted by molar-refractivity contribution is -0.0476. The number of hydroxylamine groups is 1. The summed E-state index contributed by atoms with van der Waals surface area (Å²) >= 11 is 0. The number of carbonyl (C=O) groups is 1. The molecule has 2 fully saturated rings. The highest BCUT2D eigenvalue weighted by atomic mass is 19.1. The molecule has 136 valence electrons. The van der Waals surface area contributed by atoms with Crippen molar-refractivity contribution in [1.29, 1.82) is 0 Å². The van der Waals surface area contributed by atoms with Crippen molar-refractivity contribution in [1.82, 2.24) is 10.4 Å². The molecule has 1 amide bonds. The van der Waals surface area contributed by atoms with Gasteiger partial charge in [0.1, 0.15) is 5.82 Å². The highest BCUT2D eigenvalue weighted by molar-refractivity contribution is 5.93. The van der Waals surface area contributed by atoms with Crippen LogP contribution in [-0.2, 0) is 13.0 Å². The third-order valence-electron chi connectivity index (χ3n) is 6.79. The molecule has 0 bridgehead atoms. The number of hydrogen-bond acceptors (Lipinski definition) is 3. The number of benzene rings is 1. The molecule has 1 atom stereocenters. The van der Waals surface area contributed by atoms with Gasteiger partial charge in [-0.05, 0) is 62.1 Å². The zero-order valence-electron chi connectivity index (χ0n) is 14.9. The lowest BCUT2D eigenvalue weighted by Gasteiger charge is -2.56. The van der Waals surface area contributed by atoms with E-state index in [1.807, 2.05) is 0 Å². The SMILES string of the molecule is C[C@@H]1Cc2cc(C(=O)NO)cc(F)c2CN1C1CC2(CCCCC2)C1. The van der Waals surface area contributed by atoms with Crippen LogP contribution >= 0.6 is 0 Å². The van der Waals surface area contributed by atoms with Crippen molar-refractivity contribution in [2.24, 2.45) is 5.41 Å². The molecular weight excluding hydrogens is 319 g/mol. The fourth-order valence-corrected chi connectivity index (χ4v) is 5.40. The normalized spacial score (nSPS) is 26.1. The molecule has 0 unspecified atom stereocenters. The molecule has 0 saturated heterocycles. The molecule has 1 aromatic rings. The molecule has 1 heterocycles. The number of amides is 1. The first kappa shape index (κ1) is 17.0. The van der Waals surface area contributed by atoms with Crippen LogP contribution in [0.15, 0.2) is 12.1 Å². The molecule has 1 spiro atoms. The van der Waals surface area contributed by atoms with Gasteiger partial charge in [-0.3, -0.25) is 14.9 Å². The second-order valence-corrected chi connectivity index (χ2v) is 8.38. The van der Waals surface area contributed by atoms with Crippen LogP contribution in [0.2, 0.25) is 0 Å². The minimum absolute atomic E-state index is 0.184. The molecule has 1 aliphatic heterocycles. The van der Waals surface area contributed by atoms with Crippen LogP contribution in [0.25, 0.3) is 0 Å². The molecular formula is C20H27FN2O2. The summed E-state index contributed by atoms with van der Waals surface area (Å²) in [6.07, 6.45) is 10.1. The van der Waals surface area contributed by atoms with Crippen molar-refractivity contribution in [3.05, 3.63) is 34.6 Å². The fraction of sp³-hybridized carbons (Fsp3) is 0.650. The molecule has 2 N–H and O–H groups in total. The zero-order chi connectivity index (χ0) is 17.6. The van der Waals surface area contributed by atoms with Crippen molar-refractivity contribution in [3.63, 3.8) is 0 Å². The third-order valence-corrected chi connectivity index (χ3v) is 6.79. The largest absolute Gasteiger partial charge is 0.293 e. The van der Waals surface area contributed by atoms with Gasteiger partial charge in [0.05, 0.1) is 0 Å². The Hall–Kier alpha value is -1.46. The van der Waals surface area contributed by atoms with Crippen molar-refractivity contribution < 1.29 is 14.4 Å². The van der Waals surface area contributed by atoms with E-state index in [0.717, 1.165) is 17.5 Å². The topological polar surface area (TPSA) is 52.6 Å². The smallest absolute Gasteiger partial charge is 0.274 e. The van der Waals surface area contributed by atoms with Crippen LogP contribution in [0, 0.1) is 11.2 Å². The van der Waals surface area contributed by atoms with Gasteiger partial charge in [-0.1, -0.05) is 19.3 Å². The number of rotatable bonds is 2. The van der Waals surface area contributed by atoms with Gasteiger partial charge in [-0.2, -0.15) is 0 Å². The molecule has 4 nitrogen and oxygen atoms in total.